The van der Waals surface area contributed by atoms with Crippen LogP contribution in [0.25, 0.3) is 0 Å². The summed E-state index contributed by atoms with van der Waals surface area (Å²) in [5, 5.41) is 4.33. The fraction of sp³-hybridized carbons (Fsp3) is 0. The summed E-state index contributed by atoms with van der Waals surface area (Å²) in [6, 6.07) is 32.8. The summed E-state index contributed by atoms with van der Waals surface area (Å²) < 4.78 is 0. The first-order valence-electron chi connectivity index (χ1n) is 6.74. The van der Waals surface area contributed by atoms with Gasteiger partial charge in [0, 0.05) is 0 Å². The van der Waals surface area contributed by atoms with Gasteiger partial charge in [-0.1, -0.05) is 0 Å². The van der Waals surface area contributed by atoms with Gasteiger partial charge in [-0.2, -0.15) is 0 Å². The molecule has 0 atom stereocenters. The average molecular weight is 421 g/mol. The van der Waals surface area contributed by atoms with Crippen LogP contribution in [0.2, 0.25) is 0 Å². The first-order chi connectivity index (χ1) is 10.4. The molecule has 3 aromatic carbocycles. The summed E-state index contributed by atoms with van der Waals surface area (Å²) >= 11 is 4.22. The maximum atomic E-state index is 3.90. The van der Waals surface area contributed by atoms with Gasteiger partial charge in [0.05, 0.1) is 0 Å². The summed E-state index contributed by atoms with van der Waals surface area (Å²) in [5.41, 5.74) is 0. The quantitative estimate of drug-likeness (QED) is 0.443. The molecule has 0 amide bonds. The van der Waals surface area contributed by atoms with Crippen LogP contribution in [0.5, 0.6) is 0 Å². The minimum absolute atomic E-state index is 0.323. The van der Waals surface area contributed by atoms with Crippen molar-refractivity contribution < 1.29 is 0 Å². The Bertz CT molecular complexity index is 590. The van der Waals surface area contributed by atoms with Gasteiger partial charge in [0.1, 0.15) is 0 Å². The molecule has 0 nitrogen and oxygen atoms in total. The van der Waals surface area contributed by atoms with Crippen LogP contribution in [0.15, 0.2) is 91.0 Å². The third-order valence-corrected chi connectivity index (χ3v) is 18.8. The Morgan fingerprint density at radius 2 is 0.810 bits per heavy atom. The summed E-state index contributed by atoms with van der Waals surface area (Å²) in [5.74, 6) is -1.55. The van der Waals surface area contributed by atoms with E-state index >= 15 is 0 Å². The van der Waals surface area contributed by atoms with E-state index in [1.54, 1.807) is 0 Å². The van der Waals surface area contributed by atoms with Crippen molar-refractivity contribution in [3.8, 4) is 0 Å². The van der Waals surface area contributed by atoms with E-state index in [1.165, 1.54) is 15.9 Å². The average Bonchev–Trinajstić information content (AvgIpc) is 2.59. The van der Waals surface area contributed by atoms with Crippen LogP contribution < -0.4 is 15.9 Å². The van der Waals surface area contributed by atoms with Gasteiger partial charge in [0.15, 0.2) is 0 Å². The van der Waals surface area contributed by atoms with Crippen LogP contribution in [0.1, 0.15) is 0 Å². The molecule has 0 spiro atoms. The van der Waals surface area contributed by atoms with Crippen LogP contribution in [-0.4, -0.2) is 12.7 Å². The Morgan fingerprint density at radius 3 is 1.05 bits per heavy atom. The first kappa shape index (κ1) is 15.0. The van der Waals surface area contributed by atoms with Gasteiger partial charge in [-0.3, -0.25) is 0 Å². The molecule has 0 aliphatic rings. The Labute approximate surface area is 139 Å². The summed E-state index contributed by atoms with van der Waals surface area (Å²) in [6.07, 6.45) is 0. The number of halogens is 1. The molecular weight excluding hydrogens is 406 g/mol. The third kappa shape index (κ3) is 2.87. The SMILES string of the molecule is Br[Se][P+](c1ccccc1)(c1ccccc1)c1ccccc1. The molecule has 3 rings (SSSR count). The zero-order valence-electron chi connectivity index (χ0n) is 11.4. The van der Waals surface area contributed by atoms with E-state index < -0.39 is 5.95 Å². The second-order valence-corrected chi connectivity index (χ2v) is 16.4. The second-order valence-electron chi connectivity index (χ2n) is 4.68. The minimum atomic E-state index is -1.55. The van der Waals surface area contributed by atoms with E-state index in [4.69, 9.17) is 0 Å². The van der Waals surface area contributed by atoms with Gasteiger partial charge in [0.2, 0.25) is 0 Å². The van der Waals surface area contributed by atoms with Gasteiger partial charge in [-0.25, -0.2) is 0 Å². The van der Waals surface area contributed by atoms with E-state index in [-0.39, 0.29) is 0 Å². The summed E-state index contributed by atoms with van der Waals surface area (Å²) in [4.78, 5) is 0. The molecular formula is C18H15BrPSe+. The molecule has 104 valence electrons. The van der Waals surface area contributed by atoms with Crippen LogP contribution in [0, 0.1) is 0 Å². The fourth-order valence-corrected chi connectivity index (χ4v) is 17.0. The van der Waals surface area contributed by atoms with Crippen LogP contribution in [-0.2, 0) is 0 Å². The Hall–Kier alpha value is -0.911. The molecule has 0 aliphatic carbocycles. The van der Waals surface area contributed by atoms with Gasteiger partial charge in [-0.15, -0.1) is 0 Å². The number of benzene rings is 3. The molecule has 0 fully saturated rings. The molecule has 0 saturated heterocycles. The predicted molar refractivity (Wildman–Crippen MR) is 99.8 cm³/mol. The molecule has 0 saturated carbocycles. The number of hydrogen-bond acceptors (Lipinski definition) is 0. The van der Waals surface area contributed by atoms with Crippen molar-refractivity contribution in [1.82, 2.24) is 0 Å². The van der Waals surface area contributed by atoms with Crippen molar-refractivity contribution in [2.24, 2.45) is 0 Å². The van der Waals surface area contributed by atoms with Crippen molar-refractivity contribution in [2.75, 3.05) is 0 Å². The molecule has 0 bridgehead atoms. The molecule has 0 heterocycles. The number of rotatable bonds is 4. The molecule has 0 radical (unpaired) electrons. The standard InChI is InChI=1S/C18H15BrPSe/c19-21-20(16-10-4-1-5-11-16,17-12-6-2-7-13-17)18-14-8-3-9-15-18/h1-15H/q+1. The topological polar surface area (TPSA) is 0 Å². The Balaban J connectivity index is 2.29. The molecule has 0 aromatic heterocycles. The molecule has 0 aliphatic heterocycles. The molecule has 0 unspecified atom stereocenters. The van der Waals surface area contributed by atoms with E-state index in [9.17, 15) is 0 Å². The van der Waals surface area contributed by atoms with Gasteiger partial charge in [0.25, 0.3) is 0 Å². The first-order valence-corrected chi connectivity index (χ1v) is 14.8. The van der Waals surface area contributed by atoms with Crippen LogP contribution >= 0.6 is 20.1 Å². The summed E-state index contributed by atoms with van der Waals surface area (Å²) in [7, 11) is 0. The monoisotopic (exact) mass is 421 g/mol. The second kappa shape index (κ2) is 6.90. The fourth-order valence-electron chi connectivity index (χ4n) is 2.48. The molecule has 0 N–H and O–H groups in total. The van der Waals surface area contributed by atoms with Crippen molar-refractivity contribution in [1.29, 1.82) is 0 Å². The van der Waals surface area contributed by atoms with E-state index in [1.807, 2.05) is 0 Å². The van der Waals surface area contributed by atoms with E-state index in [2.05, 4.69) is 105 Å². The van der Waals surface area contributed by atoms with Crippen molar-refractivity contribution in [2.45, 2.75) is 0 Å². The van der Waals surface area contributed by atoms with Crippen LogP contribution in [0.3, 0.4) is 0 Å². The van der Waals surface area contributed by atoms with Crippen molar-refractivity contribution >= 4 is 48.7 Å². The van der Waals surface area contributed by atoms with E-state index in [0.29, 0.717) is 12.7 Å². The Morgan fingerprint density at radius 1 is 0.524 bits per heavy atom. The normalized spacial score (nSPS) is 11.3. The zero-order chi connectivity index (χ0) is 14.5. The third-order valence-electron chi connectivity index (χ3n) is 3.46. The van der Waals surface area contributed by atoms with Crippen molar-refractivity contribution in [3.63, 3.8) is 0 Å². The van der Waals surface area contributed by atoms with E-state index in [0.717, 1.165) is 0 Å². The number of hydrogen-bond donors (Lipinski definition) is 0. The predicted octanol–water partition coefficient (Wildman–Crippen LogP) is 3.91. The van der Waals surface area contributed by atoms with Crippen molar-refractivity contribution in [3.05, 3.63) is 91.0 Å². The van der Waals surface area contributed by atoms with Gasteiger partial charge in [-0.05, 0) is 0 Å². The maximum absolute atomic E-state index is 3.90. The van der Waals surface area contributed by atoms with Gasteiger partial charge < -0.3 is 0 Å². The summed E-state index contributed by atoms with van der Waals surface area (Å²) in [6.45, 7) is 0. The van der Waals surface area contributed by atoms with Gasteiger partial charge >= 0.3 is 140 Å². The zero-order valence-corrected chi connectivity index (χ0v) is 15.6. The molecule has 21 heavy (non-hydrogen) atoms. The molecule has 3 heteroatoms. The van der Waals surface area contributed by atoms with Crippen LogP contribution in [0.4, 0.5) is 0 Å². The molecule has 3 aromatic rings. The Kier molecular flexibility index (Phi) is 4.93.